The Kier molecular flexibility index (Phi) is 9.77. The van der Waals surface area contributed by atoms with E-state index in [0.29, 0.717) is 0 Å². The second-order valence-corrected chi connectivity index (χ2v) is 18.0. The second-order valence-electron chi connectivity index (χ2n) is 18.0. The van der Waals surface area contributed by atoms with Gasteiger partial charge >= 0.3 is 0 Å². The van der Waals surface area contributed by atoms with E-state index in [2.05, 4.69) is 266 Å². The molecule has 0 amide bonds. The normalized spacial score (nSPS) is 12.5. The first kappa shape index (κ1) is 40.3. The summed E-state index contributed by atoms with van der Waals surface area (Å²) in [5, 5.41) is 2.24. The van der Waals surface area contributed by atoms with E-state index in [1.165, 1.54) is 55.6 Å². The molecule has 324 valence electrons. The molecule has 2 heteroatoms. The lowest BCUT2D eigenvalue weighted by molar-refractivity contribution is 0.669. The van der Waals surface area contributed by atoms with E-state index in [0.717, 1.165) is 61.3 Å². The van der Waals surface area contributed by atoms with Crippen molar-refractivity contribution in [3.8, 4) is 55.6 Å². The van der Waals surface area contributed by atoms with Crippen LogP contribution in [0.15, 0.2) is 277 Å². The minimum Gasteiger partial charge on any atom is -0.456 e. The number of para-hydroxylation sites is 2. The number of anilines is 3. The summed E-state index contributed by atoms with van der Waals surface area (Å²) in [5.41, 5.74) is 21.5. The van der Waals surface area contributed by atoms with Gasteiger partial charge in [0.1, 0.15) is 11.2 Å². The number of nitrogens with zero attached hydrogens (tertiary/aromatic N) is 1. The Bertz CT molecular complexity index is 3790. The van der Waals surface area contributed by atoms with Gasteiger partial charge in [0.15, 0.2) is 0 Å². The lowest BCUT2D eigenvalue weighted by Gasteiger charge is -2.33. The highest BCUT2D eigenvalue weighted by atomic mass is 16.3. The van der Waals surface area contributed by atoms with Gasteiger partial charge in [-0.15, -0.1) is 0 Å². The molecule has 0 spiro atoms. The van der Waals surface area contributed by atoms with Crippen LogP contribution in [0.25, 0.3) is 77.6 Å². The molecule has 0 aliphatic heterocycles. The third-order valence-corrected chi connectivity index (χ3v) is 14.2. The largest absolute Gasteiger partial charge is 0.456 e. The first-order valence-corrected chi connectivity index (χ1v) is 23.7. The highest BCUT2D eigenvalue weighted by Crippen LogP contribution is 2.57. The van der Waals surface area contributed by atoms with E-state index in [4.69, 9.17) is 4.42 Å². The summed E-state index contributed by atoms with van der Waals surface area (Å²) in [6.07, 6.45) is 0. The van der Waals surface area contributed by atoms with Crippen molar-refractivity contribution in [1.82, 2.24) is 0 Å². The zero-order chi connectivity index (χ0) is 45.7. The van der Waals surface area contributed by atoms with Crippen LogP contribution < -0.4 is 4.90 Å². The Morgan fingerprint density at radius 1 is 0.290 bits per heavy atom. The maximum absolute atomic E-state index is 6.36. The van der Waals surface area contributed by atoms with Gasteiger partial charge in [0.05, 0.1) is 11.1 Å². The quantitative estimate of drug-likeness (QED) is 0.144. The number of rotatable bonds is 9. The number of hydrogen-bond donors (Lipinski definition) is 0. The molecule has 13 rings (SSSR count). The lowest BCUT2D eigenvalue weighted by atomic mass is 9.67. The van der Waals surface area contributed by atoms with Gasteiger partial charge in [-0.05, 0) is 127 Å². The second kappa shape index (κ2) is 16.7. The van der Waals surface area contributed by atoms with Crippen molar-refractivity contribution in [2.75, 3.05) is 4.90 Å². The van der Waals surface area contributed by atoms with Crippen LogP contribution in [0.3, 0.4) is 0 Å². The van der Waals surface area contributed by atoms with E-state index in [9.17, 15) is 0 Å². The van der Waals surface area contributed by atoms with Crippen molar-refractivity contribution in [3.05, 3.63) is 295 Å². The number of benzene rings is 11. The molecule has 0 saturated heterocycles. The van der Waals surface area contributed by atoms with Gasteiger partial charge in [0.2, 0.25) is 0 Å². The summed E-state index contributed by atoms with van der Waals surface area (Å²) in [6.45, 7) is 0. The molecule has 0 radical (unpaired) electrons. The maximum atomic E-state index is 6.36. The van der Waals surface area contributed by atoms with E-state index in [1.807, 2.05) is 12.1 Å². The fourth-order valence-corrected chi connectivity index (χ4v) is 11.1. The summed E-state index contributed by atoms with van der Waals surface area (Å²) in [4.78, 5) is 2.41. The number of furan rings is 1. The Labute approximate surface area is 402 Å². The van der Waals surface area contributed by atoms with Crippen molar-refractivity contribution in [1.29, 1.82) is 0 Å². The Balaban J connectivity index is 0.947. The van der Waals surface area contributed by atoms with Crippen LogP contribution in [0.4, 0.5) is 17.1 Å². The Hall–Kier alpha value is -8.98. The molecular formula is C67H45NO. The average Bonchev–Trinajstić information content (AvgIpc) is 3.96. The molecule has 69 heavy (non-hydrogen) atoms. The van der Waals surface area contributed by atoms with Crippen molar-refractivity contribution in [3.63, 3.8) is 0 Å². The topological polar surface area (TPSA) is 16.4 Å². The van der Waals surface area contributed by atoms with Crippen molar-refractivity contribution < 1.29 is 4.42 Å². The molecule has 1 aliphatic rings. The molecule has 12 aromatic rings. The molecule has 0 bridgehead atoms. The van der Waals surface area contributed by atoms with Crippen LogP contribution in [0.5, 0.6) is 0 Å². The molecule has 11 aromatic carbocycles. The number of fused-ring (bicyclic) bond motifs is 6. The number of hydrogen-bond acceptors (Lipinski definition) is 2. The molecular weight excluding hydrogens is 835 g/mol. The van der Waals surface area contributed by atoms with Crippen LogP contribution in [0, 0.1) is 0 Å². The van der Waals surface area contributed by atoms with Crippen LogP contribution in [0.1, 0.15) is 22.3 Å². The van der Waals surface area contributed by atoms with Crippen molar-refractivity contribution >= 4 is 39.0 Å². The zero-order valence-electron chi connectivity index (χ0n) is 37.8. The summed E-state index contributed by atoms with van der Waals surface area (Å²) in [5.74, 6) is 0. The highest BCUT2D eigenvalue weighted by Gasteiger charge is 2.46. The third kappa shape index (κ3) is 6.72. The van der Waals surface area contributed by atoms with E-state index in [-0.39, 0.29) is 0 Å². The standard InChI is InChI=1S/C67H45NO/c1-4-19-46(20-5-1)47-37-40-54(41-38-47)68(55-28-17-23-51(44-55)57-32-18-36-65-66(57)59-31-12-15-35-64(59)69-65)63-34-14-11-29-56(63)50-22-16-21-48(43-50)49-39-42-62-60(45-49)58-30-10-13-33-61(58)67(62,52-24-6-2-7-25-52)53-26-8-3-9-27-53/h1-45H. The predicted molar refractivity (Wildman–Crippen MR) is 287 cm³/mol. The molecule has 1 aromatic heterocycles. The average molecular weight is 880 g/mol. The Morgan fingerprint density at radius 3 is 1.59 bits per heavy atom. The van der Waals surface area contributed by atoms with Gasteiger partial charge in [-0.1, -0.05) is 218 Å². The first-order valence-electron chi connectivity index (χ1n) is 23.7. The van der Waals surface area contributed by atoms with Crippen LogP contribution >= 0.6 is 0 Å². The molecule has 0 atom stereocenters. The third-order valence-electron chi connectivity index (χ3n) is 14.2. The summed E-state index contributed by atoms with van der Waals surface area (Å²) in [7, 11) is 0. The summed E-state index contributed by atoms with van der Waals surface area (Å²) >= 11 is 0. The van der Waals surface area contributed by atoms with Gasteiger partial charge in [-0.3, -0.25) is 0 Å². The van der Waals surface area contributed by atoms with Crippen molar-refractivity contribution in [2.45, 2.75) is 5.41 Å². The van der Waals surface area contributed by atoms with E-state index in [1.54, 1.807) is 0 Å². The lowest BCUT2D eigenvalue weighted by Crippen LogP contribution is -2.28. The minimum atomic E-state index is -0.438. The molecule has 0 fully saturated rings. The van der Waals surface area contributed by atoms with Crippen LogP contribution in [-0.2, 0) is 5.41 Å². The molecule has 0 saturated carbocycles. The monoisotopic (exact) mass is 879 g/mol. The van der Waals surface area contributed by atoms with Gasteiger partial charge in [0.25, 0.3) is 0 Å². The van der Waals surface area contributed by atoms with Crippen LogP contribution in [-0.4, -0.2) is 0 Å². The van der Waals surface area contributed by atoms with Crippen LogP contribution in [0.2, 0.25) is 0 Å². The van der Waals surface area contributed by atoms with E-state index >= 15 is 0 Å². The fraction of sp³-hybridized carbons (Fsp3) is 0.0149. The molecule has 0 unspecified atom stereocenters. The molecule has 1 heterocycles. The van der Waals surface area contributed by atoms with E-state index < -0.39 is 5.41 Å². The fourth-order valence-electron chi connectivity index (χ4n) is 11.1. The molecule has 2 nitrogen and oxygen atoms in total. The summed E-state index contributed by atoms with van der Waals surface area (Å²) in [6, 6.07) is 99.2. The highest BCUT2D eigenvalue weighted by molar-refractivity contribution is 6.12. The summed E-state index contributed by atoms with van der Waals surface area (Å²) < 4.78 is 6.36. The van der Waals surface area contributed by atoms with Gasteiger partial charge < -0.3 is 9.32 Å². The molecule has 1 aliphatic carbocycles. The van der Waals surface area contributed by atoms with Gasteiger partial charge in [0, 0.05) is 27.7 Å². The van der Waals surface area contributed by atoms with Gasteiger partial charge in [-0.25, -0.2) is 0 Å². The minimum absolute atomic E-state index is 0.438. The predicted octanol–water partition coefficient (Wildman–Crippen LogP) is 18.1. The zero-order valence-corrected chi connectivity index (χ0v) is 37.8. The van der Waals surface area contributed by atoms with Gasteiger partial charge in [-0.2, -0.15) is 0 Å². The van der Waals surface area contributed by atoms with Crippen molar-refractivity contribution in [2.24, 2.45) is 0 Å². The smallest absolute Gasteiger partial charge is 0.136 e. The molecule has 0 N–H and O–H groups in total. The first-order chi connectivity index (χ1) is 34.2. The SMILES string of the molecule is c1ccc(-c2ccc(N(c3cccc(-c4cccc5oc6ccccc6c45)c3)c3ccccc3-c3cccc(-c4ccc5c(c4)-c4ccccc4C5(c4ccccc4)c4ccccc4)c3)cc2)cc1. The maximum Gasteiger partial charge on any atom is 0.136 e. The Morgan fingerprint density at radius 2 is 0.812 bits per heavy atom.